The summed E-state index contributed by atoms with van der Waals surface area (Å²) in [7, 11) is 0. The molecule has 0 saturated carbocycles. The van der Waals surface area contributed by atoms with Gasteiger partial charge in [0.2, 0.25) is 0 Å². The van der Waals surface area contributed by atoms with E-state index in [-0.39, 0.29) is 5.15 Å². The summed E-state index contributed by atoms with van der Waals surface area (Å²) < 4.78 is 0. The number of aryl methyl sites for hydroxylation is 1. The minimum atomic E-state index is -0.682. The Bertz CT molecular complexity index is 276. The molecule has 0 bridgehead atoms. The van der Waals surface area contributed by atoms with Crippen LogP contribution in [0.3, 0.4) is 0 Å². The Morgan fingerprint density at radius 2 is 2.08 bits per heavy atom. The topological polar surface area (TPSA) is 33.1 Å². The molecule has 0 aliphatic heterocycles. The SMILES string of the molecule is Cc1cc(Cl)c(C(C)O)c(Cl)n1. The monoisotopic (exact) mass is 205 g/mol. The second-order valence-electron chi connectivity index (χ2n) is 2.63. The summed E-state index contributed by atoms with van der Waals surface area (Å²) >= 11 is 11.6. The Labute approximate surface area is 81.1 Å². The summed E-state index contributed by atoms with van der Waals surface area (Å²) in [6, 6.07) is 1.68. The third-order valence-electron chi connectivity index (χ3n) is 1.51. The van der Waals surface area contributed by atoms with Gasteiger partial charge < -0.3 is 5.11 Å². The number of pyridine rings is 1. The van der Waals surface area contributed by atoms with Gasteiger partial charge in [0, 0.05) is 11.3 Å². The Hall–Kier alpha value is -0.310. The van der Waals surface area contributed by atoms with Crippen LogP contribution in [-0.4, -0.2) is 10.1 Å². The molecule has 1 aromatic rings. The lowest BCUT2D eigenvalue weighted by molar-refractivity contribution is 0.199. The van der Waals surface area contributed by atoms with E-state index in [4.69, 9.17) is 23.2 Å². The molecule has 0 spiro atoms. The Morgan fingerprint density at radius 1 is 1.50 bits per heavy atom. The van der Waals surface area contributed by atoms with E-state index in [1.54, 1.807) is 19.9 Å². The van der Waals surface area contributed by atoms with Crippen molar-refractivity contribution in [3.8, 4) is 0 Å². The number of nitrogens with zero attached hydrogens (tertiary/aromatic N) is 1. The van der Waals surface area contributed by atoms with Crippen molar-refractivity contribution in [1.29, 1.82) is 0 Å². The van der Waals surface area contributed by atoms with Crippen LogP contribution in [0.15, 0.2) is 6.07 Å². The third-order valence-corrected chi connectivity index (χ3v) is 2.11. The van der Waals surface area contributed by atoms with Crippen molar-refractivity contribution in [3.63, 3.8) is 0 Å². The molecule has 2 nitrogen and oxygen atoms in total. The minimum Gasteiger partial charge on any atom is -0.389 e. The van der Waals surface area contributed by atoms with E-state index in [1.165, 1.54) is 0 Å². The molecule has 0 fully saturated rings. The van der Waals surface area contributed by atoms with E-state index < -0.39 is 6.10 Å². The first-order valence-corrected chi connectivity index (χ1v) is 4.28. The summed E-state index contributed by atoms with van der Waals surface area (Å²) in [6.45, 7) is 3.40. The van der Waals surface area contributed by atoms with Gasteiger partial charge in [0.25, 0.3) is 0 Å². The van der Waals surface area contributed by atoms with Crippen LogP contribution in [0, 0.1) is 6.92 Å². The highest BCUT2D eigenvalue weighted by atomic mass is 35.5. The molecule has 1 N–H and O–H groups in total. The number of rotatable bonds is 1. The van der Waals surface area contributed by atoms with Gasteiger partial charge in [-0.2, -0.15) is 0 Å². The maximum Gasteiger partial charge on any atom is 0.136 e. The van der Waals surface area contributed by atoms with Gasteiger partial charge in [-0.25, -0.2) is 4.98 Å². The van der Waals surface area contributed by atoms with Crippen molar-refractivity contribution < 1.29 is 5.11 Å². The zero-order chi connectivity index (χ0) is 9.30. The van der Waals surface area contributed by atoms with Crippen molar-refractivity contribution >= 4 is 23.2 Å². The van der Waals surface area contributed by atoms with Gasteiger partial charge in [-0.3, -0.25) is 0 Å². The van der Waals surface area contributed by atoms with Gasteiger partial charge in [0.05, 0.1) is 11.1 Å². The molecule has 1 heterocycles. The molecule has 0 radical (unpaired) electrons. The number of aromatic nitrogens is 1. The molecule has 1 rings (SSSR count). The van der Waals surface area contributed by atoms with Crippen LogP contribution in [0.1, 0.15) is 24.3 Å². The largest absolute Gasteiger partial charge is 0.389 e. The fraction of sp³-hybridized carbons (Fsp3) is 0.375. The number of hydrogen-bond acceptors (Lipinski definition) is 2. The van der Waals surface area contributed by atoms with Gasteiger partial charge in [-0.05, 0) is 19.9 Å². The minimum absolute atomic E-state index is 0.273. The zero-order valence-electron chi connectivity index (χ0n) is 6.81. The zero-order valence-corrected chi connectivity index (χ0v) is 8.32. The average molecular weight is 206 g/mol. The molecule has 1 aromatic heterocycles. The van der Waals surface area contributed by atoms with E-state index >= 15 is 0 Å². The molecule has 66 valence electrons. The Kier molecular flexibility index (Phi) is 2.94. The molecular weight excluding hydrogens is 197 g/mol. The number of aliphatic hydroxyl groups excluding tert-OH is 1. The molecular formula is C8H9Cl2NO. The van der Waals surface area contributed by atoms with Crippen molar-refractivity contribution in [2.24, 2.45) is 0 Å². The van der Waals surface area contributed by atoms with Gasteiger partial charge in [0.1, 0.15) is 5.15 Å². The summed E-state index contributed by atoms with van der Waals surface area (Å²) in [5.74, 6) is 0. The van der Waals surface area contributed by atoms with Gasteiger partial charge >= 0.3 is 0 Å². The van der Waals surface area contributed by atoms with Crippen molar-refractivity contribution in [3.05, 3.63) is 27.5 Å². The summed E-state index contributed by atoms with van der Waals surface area (Å²) in [5.41, 5.74) is 1.23. The normalized spacial score (nSPS) is 13.1. The maximum absolute atomic E-state index is 9.27. The van der Waals surface area contributed by atoms with Crippen LogP contribution >= 0.6 is 23.2 Å². The van der Waals surface area contributed by atoms with Crippen LogP contribution in [0.4, 0.5) is 0 Å². The van der Waals surface area contributed by atoms with E-state index in [0.717, 1.165) is 5.69 Å². The highest BCUT2D eigenvalue weighted by Crippen LogP contribution is 2.29. The lowest BCUT2D eigenvalue weighted by Crippen LogP contribution is -1.97. The number of aliphatic hydroxyl groups is 1. The Balaban J connectivity index is 3.28. The van der Waals surface area contributed by atoms with E-state index in [1.807, 2.05) is 0 Å². The van der Waals surface area contributed by atoms with E-state index in [0.29, 0.717) is 10.6 Å². The van der Waals surface area contributed by atoms with Crippen LogP contribution in [0.5, 0.6) is 0 Å². The van der Waals surface area contributed by atoms with Gasteiger partial charge in [-0.15, -0.1) is 0 Å². The summed E-state index contributed by atoms with van der Waals surface area (Å²) in [5, 5.41) is 10.0. The first-order chi connectivity index (χ1) is 5.52. The predicted octanol–water partition coefficient (Wildman–Crippen LogP) is 2.75. The first-order valence-electron chi connectivity index (χ1n) is 3.53. The standard InChI is InChI=1S/C8H9Cl2NO/c1-4-3-6(9)7(5(2)12)8(10)11-4/h3,5,12H,1-2H3. The fourth-order valence-corrected chi connectivity index (χ4v) is 1.83. The van der Waals surface area contributed by atoms with Crippen LogP contribution < -0.4 is 0 Å². The van der Waals surface area contributed by atoms with Crippen LogP contribution in [0.25, 0.3) is 0 Å². The van der Waals surface area contributed by atoms with Crippen LogP contribution in [0.2, 0.25) is 10.2 Å². The highest BCUT2D eigenvalue weighted by Gasteiger charge is 2.12. The maximum atomic E-state index is 9.27. The number of hydrogen-bond donors (Lipinski definition) is 1. The van der Waals surface area contributed by atoms with Crippen molar-refractivity contribution in [2.45, 2.75) is 20.0 Å². The molecule has 0 amide bonds. The predicted molar refractivity (Wildman–Crippen MR) is 49.6 cm³/mol. The van der Waals surface area contributed by atoms with Crippen molar-refractivity contribution in [1.82, 2.24) is 4.98 Å². The second kappa shape index (κ2) is 3.60. The molecule has 0 aliphatic rings. The highest BCUT2D eigenvalue weighted by molar-refractivity contribution is 6.35. The van der Waals surface area contributed by atoms with E-state index in [2.05, 4.69) is 4.98 Å². The molecule has 1 unspecified atom stereocenters. The molecule has 0 aliphatic carbocycles. The molecule has 4 heteroatoms. The molecule has 0 aromatic carbocycles. The average Bonchev–Trinajstić information content (AvgIpc) is 1.82. The fourth-order valence-electron chi connectivity index (χ4n) is 0.979. The molecule has 12 heavy (non-hydrogen) atoms. The first kappa shape index (κ1) is 9.78. The lowest BCUT2D eigenvalue weighted by Gasteiger charge is -2.09. The number of halogens is 2. The van der Waals surface area contributed by atoms with Gasteiger partial charge in [-0.1, -0.05) is 23.2 Å². The summed E-state index contributed by atoms with van der Waals surface area (Å²) in [6.07, 6.45) is -0.682. The quantitative estimate of drug-likeness (QED) is 0.716. The Morgan fingerprint density at radius 3 is 2.50 bits per heavy atom. The van der Waals surface area contributed by atoms with Crippen molar-refractivity contribution in [2.75, 3.05) is 0 Å². The molecule has 0 saturated heterocycles. The van der Waals surface area contributed by atoms with Gasteiger partial charge in [0.15, 0.2) is 0 Å². The van der Waals surface area contributed by atoms with E-state index in [9.17, 15) is 5.11 Å². The van der Waals surface area contributed by atoms with Crippen LogP contribution in [-0.2, 0) is 0 Å². The lowest BCUT2D eigenvalue weighted by atomic mass is 10.2. The molecule has 1 atom stereocenters. The smallest absolute Gasteiger partial charge is 0.136 e. The second-order valence-corrected chi connectivity index (χ2v) is 3.39. The third kappa shape index (κ3) is 1.89. The summed E-state index contributed by atoms with van der Waals surface area (Å²) in [4.78, 5) is 3.98.